The molecule has 148 valence electrons. The van der Waals surface area contributed by atoms with Crippen LogP contribution in [0.1, 0.15) is 17.7 Å². The van der Waals surface area contributed by atoms with E-state index in [1.54, 1.807) is 11.3 Å². The normalized spacial score (nSPS) is 20.4. The minimum absolute atomic E-state index is 0.0807. The summed E-state index contributed by atoms with van der Waals surface area (Å²) in [6, 6.07) is 3.27. The molecule has 1 aromatic rings. The van der Waals surface area contributed by atoms with E-state index in [0.29, 0.717) is 13.1 Å². The number of nitrogens with zero attached hydrogens (tertiary/aromatic N) is 2. The third kappa shape index (κ3) is 5.95. The lowest BCUT2D eigenvalue weighted by Crippen LogP contribution is -2.51. The number of rotatable bonds is 6. The van der Waals surface area contributed by atoms with Crippen molar-refractivity contribution in [3.63, 3.8) is 0 Å². The molecular formula is C18H26N4O3S2. The Morgan fingerprint density at radius 2 is 2.00 bits per heavy atom. The van der Waals surface area contributed by atoms with E-state index in [4.69, 9.17) is 0 Å². The number of thioether (sulfide) groups is 1. The van der Waals surface area contributed by atoms with Gasteiger partial charge in [0, 0.05) is 36.0 Å². The number of hydrogen-bond donors (Lipinski definition) is 2. The Bertz CT molecular complexity index is 647. The number of hydrogen-bond acceptors (Lipinski definition) is 6. The minimum Gasteiger partial charge on any atom is -0.340 e. The van der Waals surface area contributed by atoms with Crippen LogP contribution in [0.5, 0.6) is 0 Å². The molecule has 2 saturated heterocycles. The maximum absolute atomic E-state index is 12.7. The van der Waals surface area contributed by atoms with Crippen molar-refractivity contribution >= 4 is 40.9 Å². The summed E-state index contributed by atoms with van der Waals surface area (Å²) < 4.78 is 0. The zero-order chi connectivity index (χ0) is 19.1. The molecule has 0 spiro atoms. The monoisotopic (exact) mass is 410 g/mol. The van der Waals surface area contributed by atoms with Gasteiger partial charge in [0.2, 0.25) is 11.8 Å². The number of urea groups is 1. The Hall–Kier alpha value is -1.58. The Balaban J connectivity index is 1.40. The molecule has 3 heterocycles. The first-order valence-corrected chi connectivity index (χ1v) is 11.4. The zero-order valence-electron chi connectivity index (χ0n) is 15.3. The van der Waals surface area contributed by atoms with Crippen molar-refractivity contribution in [1.82, 2.24) is 20.4 Å². The second-order valence-electron chi connectivity index (χ2n) is 6.70. The quantitative estimate of drug-likeness (QED) is 0.735. The summed E-state index contributed by atoms with van der Waals surface area (Å²) in [5, 5.41) is 7.07. The molecule has 2 aliphatic rings. The molecule has 1 unspecified atom stereocenters. The van der Waals surface area contributed by atoms with Gasteiger partial charge in [-0.05, 0) is 37.3 Å². The molecule has 7 nitrogen and oxygen atoms in total. The molecule has 0 radical (unpaired) electrons. The second-order valence-corrected chi connectivity index (χ2v) is 8.96. The number of thiophene rings is 1. The molecule has 0 aliphatic carbocycles. The predicted octanol–water partition coefficient (Wildman–Crippen LogP) is 1.16. The summed E-state index contributed by atoms with van der Waals surface area (Å²) in [7, 11) is 0. The minimum atomic E-state index is -0.480. The Labute approximate surface area is 167 Å². The van der Waals surface area contributed by atoms with E-state index < -0.39 is 6.03 Å². The van der Waals surface area contributed by atoms with Crippen LogP contribution in [0.2, 0.25) is 0 Å². The van der Waals surface area contributed by atoms with Crippen LogP contribution in [-0.4, -0.2) is 77.9 Å². The fourth-order valence-electron chi connectivity index (χ4n) is 3.44. The van der Waals surface area contributed by atoms with Crippen LogP contribution in [0, 0.1) is 0 Å². The van der Waals surface area contributed by atoms with E-state index in [1.807, 2.05) is 39.1 Å². The zero-order valence-corrected chi connectivity index (χ0v) is 16.9. The largest absolute Gasteiger partial charge is 0.340 e. The molecule has 1 atom stereocenters. The van der Waals surface area contributed by atoms with Crippen molar-refractivity contribution in [3.05, 3.63) is 22.4 Å². The van der Waals surface area contributed by atoms with Gasteiger partial charge in [-0.25, -0.2) is 4.79 Å². The van der Waals surface area contributed by atoms with Crippen LogP contribution in [0.4, 0.5) is 4.79 Å². The van der Waals surface area contributed by atoms with E-state index in [9.17, 15) is 14.4 Å². The third-order valence-electron chi connectivity index (χ3n) is 4.81. The highest BCUT2D eigenvalue weighted by Gasteiger charge is 2.35. The molecule has 0 saturated carbocycles. The lowest BCUT2D eigenvalue weighted by Gasteiger charge is -2.32. The van der Waals surface area contributed by atoms with Gasteiger partial charge in [-0.1, -0.05) is 6.07 Å². The molecule has 9 heteroatoms. The summed E-state index contributed by atoms with van der Waals surface area (Å²) >= 11 is 3.51. The first kappa shape index (κ1) is 20.2. The van der Waals surface area contributed by atoms with Gasteiger partial charge in [0.1, 0.15) is 0 Å². The Morgan fingerprint density at radius 3 is 2.74 bits per heavy atom. The average Bonchev–Trinajstić information content (AvgIpc) is 3.34. The Morgan fingerprint density at radius 1 is 1.19 bits per heavy atom. The number of imide groups is 1. The van der Waals surface area contributed by atoms with Crippen LogP contribution in [0.3, 0.4) is 0 Å². The number of likely N-dealkylation sites (tertiary alicyclic amines) is 1. The van der Waals surface area contributed by atoms with Crippen molar-refractivity contribution in [3.8, 4) is 0 Å². The molecule has 27 heavy (non-hydrogen) atoms. The average molecular weight is 411 g/mol. The lowest BCUT2D eigenvalue weighted by atomic mass is 10.2. The topological polar surface area (TPSA) is 81.8 Å². The Kier molecular flexibility index (Phi) is 7.54. The maximum atomic E-state index is 12.7. The molecule has 1 aromatic heterocycles. The van der Waals surface area contributed by atoms with E-state index >= 15 is 0 Å². The van der Waals surface area contributed by atoms with E-state index in [0.717, 1.165) is 43.9 Å². The fourth-order valence-corrected chi connectivity index (χ4v) is 5.05. The maximum Gasteiger partial charge on any atom is 0.321 e. The van der Waals surface area contributed by atoms with Crippen LogP contribution in [0.15, 0.2) is 17.5 Å². The molecule has 2 N–H and O–H groups in total. The van der Waals surface area contributed by atoms with Gasteiger partial charge in [0.25, 0.3) is 0 Å². The molecular weight excluding hydrogens is 384 g/mol. The second kappa shape index (κ2) is 10.1. The van der Waals surface area contributed by atoms with Gasteiger partial charge in [0.15, 0.2) is 0 Å². The first-order valence-electron chi connectivity index (χ1n) is 9.34. The third-order valence-corrected chi connectivity index (χ3v) is 6.69. The van der Waals surface area contributed by atoms with Crippen molar-refractivity contribution < 1.29 is 14.4 Å². The highest BCUT2D eigenvalue weighted by molar-refractivity contribution is 7.99. The van der Waals surface area contributed by atoms with E-state index in [1.165, 1.54) is 4.88 Å². The van der Waals surface area contributed by atoms with Gasteiger partial charge in [0.05, 0.1) is 12.6 Å². The fraction of sp³-hybridized carbons (Fsp3) is 0.611. The van der Waals surface area contributed by atoms with E-state index in [-0.39, 0.29) is 24.4 Å². The standard InChI is InChI=1S/C18H26N4O3S2/c23-16(20-18(25)19-6-5-14-3-2-10-27-14)13-22-7-1-4-15(22)17(24)21-8-11-26-12-9-21/h2-3,10,15H,1,4-9,11-13H2,(H2,19,20,23,25). The first-order chi connectivity index (χ1) is 13.1. The van der Waals surface area contributed by atoms with Crippen molar-refractivity contribution in [2.45, 2.75) is 25.3 Å². The summed E-state index contributed by atoms with van der Waals surface area (Å²) in [4.78, 5) is 41.8. The summed E-state index contributed by atoms with van der Waals surface area (Å²) in [5.74, 6) is 1.72. The molecule has 2 fully saturated rings. The molecule has 4 amide bonds. The summed E-state index contributed by atoms with van der Waals surface area (Å²) in [6.45, 7) is 2.85. The van der Waals surface area contributed by atoms with Crippen molar-refractivity contribution in [2.75, 3.05) is 44.2 Å². The van der Waals surface area contributed by atoms with Gasteiger partial charge < -0.3 is 10.2 Å². The van der Waals surface area contributed by atoms with E-state index in [2.05, 4.69) is 10.6 Å². The summed E-state index contributed by atoms with van der Waals surface area (Å²) in [6.07, 6.45) is 2.43. The van der Waals surface area contributed by atoms with Gasteiger partial charge in [-0.3, -0.25) is 19.8 Å². The van der Waals surface area contributed by atoms with Crippen LogP contribution >= 0.6 is 23.1 Å². The molecule has 0 aromatic carbocycles. The predicted molar refractivity (Wildman–Crippen MR) is 108 cm³/mol. The van der Waals surface area contributed by atoms with Gasteiger partial charge in [-0.15, -0.1) is 11.3 Å². The number of nitrogens with one attached hydrogen (secondary N) is 2. The van der Waals surface area contributed by atoms with Crippen LogP contribution < -0.4 is 10.6 Å². The molecule has 0 bridgehead atoms. The van der Waals surface area contributed by atoms with Crippen LogP contribution in [0.25, 0.3) is 0 Å². The van der Waals surface area contributed by atoms with Crippen LogP contribution in [-0.2, 0) is 16.0 Å². The smallest absolute Gasteiger partial charge is 0.321 e. The number of carbonyl (C=O) groups excluding carboxylic acids is 3. The van der Waals surface area contributed by atoms with Crippen molar-refractivity contribution in [2.24, 2.45) is 0 Å². The highest BCUT2D eigenvalue weighted by Crippen LogP contribution is 2.20. The summed E-state index contributed by atoms with van der Waals surface area (Å²) in [5.41, 5.74) is 0. The van der Waals surface area contributed by atoms with Crippen molar-refractivity contribution in [1.29, 1.82) is 0 Å². The number of carbonyl (C=O) groups is 3. The highest BCUT2D eigenvalue weighted by atomic mass is 32.2. The number of amides is 4. The lowest BCUT2D eigenvalue weighted by molar-refractivity contribution is -0.136. The van der Waals surface area contributed by atoms with Gasteiger partial charge >= 0.3 is 6.03 Å². The SMILES string of the molecule is O=C(CN1CCCC1C(=O)N1CCSCC1)NC(=O)NCCc1cccs1. The van der Waals surface area contributed by atoms with Gasteiger partial charge in [-0.2, -0.15) is 11.8 Å². The molecule has 2 aliphatic heterocycles. The molecule has 3 rings (SSSR count).